The normalized spacial score (nSPS) is 14.9. The van der Waals surface area contributed by atoms with Crippen LogP contribution < -0.4 is 5.32 Å². The molecule has 1 N–H and O–H groups in total. The van der Waals surface area contributed by atoms with Crippen molar-refractivity contribution >= 4 is 23.4 Å². The van der Waals surface area contributed by atoms with Gasteiger partial charge < -0.3 is 5.32 Å². The summed E-state index contributed by atoms with van der Waals surface area (Å²) in [6, 6.07) is 9.32. The summed E-state index contributed by atoms with van der Waals surface area (Å²) in [4.78, 5) is 39.3. The van der Waals surface area contributed by atoms with Gasteiger partial charge in [0.25, 0.3) is 11.8 Å². The Labute approximate surface area is 165 Å². The van der Waals surface area contributed by atoms with Gasteiger partial charge in [-0.2, -0.15) is 13.2 Å². The van der Waals surface area contributed by atoms with Crippen molar-refractivity contribution in [3.63, 3.8) is 0 Å². The van der Waals surface area contributed by atoms with E-state index >= 15 is 0 Å². The Kier molecular flexibility index (Phi) is 5.46. The number of fused-ring (bicyclic) bond motifs is 1. The van der Waals surface area contributed by atoms with Gasteiger partial charge in [-0.25, -0.2) is 0 Å². The first-order valence-corrected chi connectivity index (χ1v) is 9.04. The molecule has 29 heavy (non-hydrogen) atoms. The lowest BCUT2D eigenvalue weighted by Crippen LogP contribution is -2.47. The quantitative estimate of drug-likeness (QED) is 0.754. The summed E-state index contributed by atoms with van der Waals surface area (Å²) in [6.45, 7) is 3.64. The lowest BCUT2D eigenvalue weighted by molar-refractivity contribution is -0.137. The van der Waals surface area contributed by atoms with Crippen LogP contribution in [-0.2, 0) is 11.0 Å². The predicted octanol–water partition coefficient (Wildman–Crippen LogP) is 4.35. The van der Waals surface area contributed by atoms with Crippen molar-refractivity contribution in [3.05, 3.63) is 65.2 Å². The average Bonchev–Trinajstić information content (AvgIpc) is 2.90. The lowest BCUT2D eigenvalue weighted by atomic mass is 10.0. The van der Waals surface area contributed by atoms with E-state index in [-0.39, 0.29) is 29.2 Å². The zero-order chi connectivity index (χ0) is 21.3. The molecule has 1 atom stereocenters. The highest BCUT2D eigenvalue weighted by Crippen LogP contribution is 2.31. The molecule has 1 aliphatic heterocycles. The van der Waals surface area contributed by atoms with Gasteiger partial charge in [-0.05, 0) is 42.7 Å². The third-order valence-corrected chi connectivity index (χ3v) is 4.59. The number of nitrogens with zero attached hydrogens (tertiary/aromatic N) is 1. The molecule has 0 bridgehead atoms. The van der Waals surface area contributed by atoms with Gasteiger partial charge in [0, 0.05) is 5.69 Å². The van der Waals surface area contributed by atoms with E-state index in [0.717, 1.165) is 17.0 Å². The minimum atomic E-state index is -4.55. The van der Waals surface area contributed by atoms with Crippen molar-refractivity contribution in [2.75, 3.05) is 5.32 Å². The van der Waals surface area contributed by atoms with E-state index in [2.05, 4.69) is 5.32 Å². The van der Waals surface area contributed by atoms with Gasteiger partial charge in [0.2, 0.25) is 5.91 Å². The number of benzene rings is 2. The van der Waals surface area contributed by atoms with Gasteiger partial charge in [0.1, 0.15) is 6.04 Å². The second-order valence-corrected chi connectivity index (χ2v) is 7.24. The number of alkyl halides is 3. The van der Waals surface area contributed by atoms with Crippen LogP contribution in [0.2, 0.25) is 0 Å². The van der Waals surface area contributed by atoms with Gasteiger partial charge in [-0.3, -0.25) is 19.3 Å². The number of nitrogens with one attached hydrogen (secondary N) is 1. The summed E-state index contributed by atoms with van der Waals surface area (Å²) in [5, 5.41) is 2.42. The largest absolute Gasteiger partial charge is 0.416 e. The number of carbonyl (C=O) groups excluding carboxylic acids is 3. The summed E-state index contributed by atoms with van der Waals surface area (Å²) in [5.41, 5.74) is -0.553. The summed E-state index contributed by atoms with van der Waals surface area (Å²) in [6.07, 6.45) is -4.38. The molecule has 5 nitrogen and oxygen atoms in total. The molecule has 0 radical (unpaired) electrons. The van der Waals surface area contributed by atoms with Gasteiger partial charge in [-0.15, -0.1) is 0 Å². The van der Waals surface area contributed by atoms with Crippen LogP contribution in [0, 0.1) is 5.92 Å². The maximum absolute atomic E-state index is 12.9. The number of hydrogen-bond donors (Lipinski definition) is 1. The van der Waals surface area contributed by atoms with E-state index in [1.165, 1.54) is 24.3 Å². The van der Waals surface area contributed by atoms with Crippen molar-refractivity contribution in [3.8, 4) is 0 Å². The molecule has 0 saturated carbocycles. The molecule has 2 aromatic rings. The highest BCUT2D eigenvalue weighted by atomic mass is 19.4. The maximum Gasteiger partial charge on any atom is 0.416 e. The van der Waals surface area contributed by atoms with Crippen LogP contribution in [0.15, 0.2) is 48.5 Å². The van der Waals surface area contributed by atoms with E-state index in [1.54, 1.807) is 12.1 Å². The van der Waals surface area contributed by atoms with E-state index in [0.29, 0.717) is 0 Å². The highest BCUT2D eigenvalue weighted by molar-refractivity contribution is 6.23. The van der Waals surface area contributed by atoms with E-state index < -0.39 is 35.5 Å². The fourth-order valence-corrected chi connectivity index (χ4v) is 3.27. The molecule has 1 heterocycles. The first kappa shape index (κ1) is 20.6. The van der Waals surface area contributed by atoms with Gasteiger partial charge in [0.05, 0.1) is 16.7 Å². The molecule has 1 aliphatic rings. The Morgan fingerprint density at radius 2 is 1.59 bits per heavy atom. The van der Waals surface area contributed by atoms with Crippen LogP contribution in [0.1, 0.15) is 46.5 Å². The number of carbonyl (C=O) groups is 3. The van der Waals surface area contributed by atoms with E-state index in [9.17, 15) is 27.6 Å². The van der Waals surface area contributed by atoms with Crippen molar-refractivity contribution in [2.45, 2.75) is 32.5 Å². The van der Waals surface area contributed by atoms with Crippen LogP contribution in [-0.4, -0.2) is 28.7 Å². The molecule has 0 aromatic heterocycles. The van der Waals surface area contributed by atoms with Crippen molar-refractivity contribution < 1.29 is 27.6 Å². The number of hydrogen-bond acceptors (Lipinski definition) is 3. The molecule has 0 fully saturated rings. The van der Waals surface area contributed by atoms with Gasteiger partial charge in [-0.1, -0.05) is 32.0 Å². The van der Waals surface area contributed by atoms with Crippen molar-refractivity contribution in [1.29, 1.82) is 0 Å². The van der Waals surface area contributed by atoms with Crippen molar-refractivity contribution in [2.24, 2.45) is 5.92 Å². The Morgan fingerprint density at radius 1 is 1.00 bits per heavy atom. The zero-order valence-corrected chi connectivity index (χ0v) is 15.8. The standard InChI is InChI=1S/C21H19F3N2O3/c1-12(2)10-17(26-19(28)15-8-3-4-9-16(15)20(26)29)18(27)25-14-7-5-6-13(11-14)21(22,23)24/h3-9,11-12,17H,10H2,1-2H3,(H,25,27)/t17-/m1/s1. The molecular weight excluding hydrogens is 385 g/mol. The fourth-order valence-electron chi connectivity index (χ4n) is 3.27. The second kappa shape index (κ2) is 7.69. The molecule has 152 valence electrons. The first-order chi connectivity index (χ1) is 13.6. The van der Waals surface area contributed by atoms with Crippen LogP contribution in [0.4, 0.5) is 18.9 Å². The smallest absolute Gasteiger partial charge is 0.324 e. The predicted molar refractivity (Wildman–Crippen MR) is 100 cm³/mol. The number of amides is 3. The molecule has 0 saturated heterocycles. The lowest BCUT2D eigenvalue weighted by Gasteiger charge is -2.27. The molecule has 3 amide bonds. The SMILES string of the molecule is CC(C)C[C@H](C(=O)Nc1cccc(C(F)(F)F)c1)N1C(=O)c2ccccc2C1=O. The Balaban J connectivity index is 1.89. The molecule has 0 aliphatic carbocycles. The Morgan fingerprint density at radius 3 is 2.10 bits per heavy atom. The van der Waals surface area contributed by atoms with Crippen LogP contribution in [0.5, 0.6) is 0 Å². The monoisotopic (exact) mass is 404 g/mol. The number of halogens is 3. The summed E-state index contributed by atoms with van der Waals surface area (Å²) >= 11 is 0. The molecule has 3 rings (SSSR count). The number of imide groups is 1. The van der Waals surface area contributed by atoms with Crippen LogP contribution in [0.3, 0.4) is 0 Å². The van der Waals surface area contributed by atoms with Gasteiger partial charge >= 0.3 is 6.18 Å². The molecule has 0 unspecified atom stereocenters. The minimum absolute atomic E-state index is 0.0448. The second-order valence-electron chi connectivity index (χ2n) is 7.24. The zero-order valence-electron chi connectivity index (χ0n) is 15.8. The van der Waals surface area contributed by atoms with Crippen LogP contribution in [0.25, 0.3) is 0 Å². The van der Waals surface area contributed by atoms with Crippen molar-refractivity contribution in [1.82, 2.24) is 4.90 Å². The molecule has 2 aromatic carbocycles. The third-order valence-electron chi connectivity index (χ3n) is 4.59. The van der Waals surface area contributed by atoms with E-state index in [1.807, 2.05) is 13.8 Å². The number of rotatable bonds is 5. The van der Waals surface area contributed by atoms with Crippen LogP contribution >= 0.6 is 0 Å². The Bertz CT molecular complexity index is 935. The molecular formula is C21H19F3N2O3. The summed E-state index contributed by atoms with van der Waals surface area (Å²) < 4.78 is 38.8. The maximum atomic E-state index is 12.9. The molecule has 8 heteroatoms. The highest BCUT2D eigenvalue weighted by Gasteiger charge is 2.42. The average molecular weight is 404 g/mol. The fraction of sp³-hybridized carbons (Fsp3) is 0.286. The first-order valence-electron chi connectivity index (χ1n) is 9.04. The summed E-state index contributed by atoms with van der Waals surface area (Å²) in [5.74, 6) is -1.94. The minimum Gasteiger partial charge on any atom is -0.324 e. The number of anilines is 1. The molecule has 0 spiro atoms. The Hall–Kier alpha value is -3.16. The topological polar surface area (TPSA) is 66.5 Å². The van der Waals surface area contributed by atoms with E-state index in [4.69, 9.17) is 0 Å². The van der Waals surface area contributed by atoms with Gasteiger partial charge in [0.15, 0.2) is 0 Å². The third kappa shape index (κ3) is 4.16. The summed E-state index contributed by atoms with van der Waals surface area (Å²) in [7, 11) is 0.